The number of alkyl halides is 1. The Labute approximate surface area is 91.0 Å². The second-order valence-corrected chi connectivity index (χ2v) is 5.58. The van der Waals surface area contributed by atoms with Crippen molar-refractivity contribution in [1.82, 2.24) is 0 Å². The van der Waals surface area contributed by atoms with E-state index in [0.29, 0.717) is 4.48 Å². The number of carbonyl (C=O) groups is 1. The Morgan fingerprint density at radius 3 is 1.91 bits per heavy atom. The second kappa shape index (κ2) is 2.96. The van der Waals surface area contributed by atoms with E-state index in [1.54, 1.807) is 0 Å². The molecule has 0 aromatic rings. The average molecular weight is 347 g/mol. The van der Waals surface area contributed by atoms with E-state index in [9.17, 15) is 4.79 Å². The maximum absolute atomic E-state index is 11.3. The van der Waals surface area contributed by atoms with Gasteiger partial charge in [-0.3, -0.25) is 4.79 Å². The molecule has 0 saturated carbocycles. The first-order chi connectivity index (χ1) is 4.89. The molecule has 0 aromatic carbocycles. The highest BCUT2D eigenvalue weighted by Gasteiger charge is 2.44. The molecule has 0 aliphatic heterocycles. The number of hydrogen-bond donors (Lipinski definition) is 0. The first kappa shape index (κ1) is 9.93. The van der Waals surface area contributed by atoms with E-state index in [-0.39, 0.29) is 16.0 Å². The minimum atomic E-state index is -0.129. The molecule has 1 nitrogen and oxygen atoms in total. The zero-order chi connectivity index (χ0) is 8.81. The maximum Gasteiger partial charge on any atom is 0.185 e. The molecule has 1 rings (SSSR count). The Morgan fingerprint density at radius 1 is 1.36 bits per heavy atom. The van der Waals surface area contributed by atoms with Gasteiger partial charge in [0.2, 0.25) is 0 Å². The fourth-order valence-electron chi connectivity index (χ4n) is 0.941. The van der Waals surface area contributed by atoms with Gasteiger partial charge < -0.3 is 0 Å². The third-order valence-electron chi connectivity index (χ3n) is 1.84. The summed E-state index contributed by atoms with van der Waals surface area (Å²) in [7, 11) is 0. The molecular weight excluding hydrogens is 340 g/mol. The summed E-state index contributed by atoms with van der Waals surface area (Å²) in [5.41, 5.74) is -0.129. The molecule has 0 fully saturated rings. The Morgan fingerprint density at radius 2 is 1.82 bits per heavy atom. The van der Waals surface area contributed by atoms with Crippen LogP contribution in [0.15, 0.2) is 8.96 Å². The predicted octanol–water partition coefficient (Wildman–Crippen LogP) is 3.36. The van der Waals surface area contributed by atoms with Crippen LogP contribution in [0, 0.1) is 5.41 Å². The van der Waals surface area contributed by atoms with Gasteiger partial charge in [-0.2, -0.15) is 0 Å². The van der Waals surface area contributed by atoms with Gasteiger partial charge in [0.15, 0.2) is 5.78 Å². The number of Topliss-reactive ketones (excluding diaryl/α,β-unsaturated/α-hetero) is 1. The summed E-state index contributed by atoms with van der Waals surface area (Å²) in [6.07, 6.45) is 0. The molecule has 0 spiro atoms. The van der Waals surface area contributed by atoms with Crippen molar-refractivity contribution in [2.24, 2.45) is 5.41 Å². The molecule has 0 radical (unpaired) electrons. The molecule has 0 unspecified atom stereocenters. The van der Waals surface area contributed by atoms with Crippen LogP contribution in [0.4, 0.5) is 0 Å². The maximum atomic E-state index is 11.3. The van der Waals surface area contributed by atoms with Crippen LogP contribution < -0.4 is 0 Å². The minimum Gasteiger partial charge on any atom is -0.292 e. The Hall–Kier alpha value is 0.850. The first-order valence-electron chi connectivity index (χ1n) is 3.13. The monoisotopic (exact) mass is 344 g/mol. The lowest BCUT2D eigenvalue weighted by atomic mass is 9.93. The van der Waals surface area contributed by atoms with Crippen molar-refractivity contribution >= 4 is 53.6 Å². The van der Waals surface area contributed by atoms with Crippen LogP contribution in [0.5, 0.6) is 0 Å². The largest absolute Gasteiger partial charge is 0.292 e. The molecule has 1 aliphatic carbocycles. The van der Waals surface area contributed by atoms with Gasteiger partial charge in [0.25, 0.3) is 0 Å². The van der Waals surface area contributed by atoms with Crippen molar-refractivity contribution in [3.05, 3.63) is 8.96 Å². The molecule has 0 bridgehead atoms. The van der Waals surface area contributed by atoms with Crippen molar-refractivity contribution in [3.8, 4) is 0 Å². The summed E-state index contributed by atoms with van der Waals surface area (Å²) >= 11 is 9.98. The molecule has 0 heterocycles. The lowest BCUT2D eigenvalue weighted by Crippen LogP contribution is -2.24. The van der Waals surface area contributed by atoms with Gasteiger partial charge in [-0.25, -0.2) is 0 Å². The van der Waals surface area contributed by atoms with Gasteiger partial charge in [-0.1, -0.05) is 45.7 Å². The summed E-state index contributed by atoms with van der Waals surface area (Å²) in [6.45, 7) is 4.03. The Balaban J connectivity index is 3.16. The van der Waals surface area contributed by atoms with Crippen molar-refractivity contribution in [3.63, 3.8) is 0 Å². The van der Waals surface area contributed by atoms with Crippen molar-refractivity contribution < 1.29 is 4.79 Å². The lowest BCUT2D eigenvalue weighted by Gasteiger charge is -2.21. The SMILES string of the molecule is CC1(C)C(Br)=C(Br)C(=O)[C@@H]1Br. The molecule has 0 aromatic heterocycles. The summed E-state index contributed by atoms with van der Waals surface area (Å²) in [5.74, 6) is 0.113. The molecule has 0 saturated heterocycles. The van der Waals surface area contributed by atoms with E-state index in [1.165, 1.54) is 0 Å². The van der Waals surface area contributed by atoms with Crippen LogP contribution in [-0.4, -0.2) is 10.6 Å². The third-order valence-corrected chi connectivity index (χ3v) is 6.14. The topological polar surface area (TPSA) is 17.1 Å². The highest BCUT2D eigenvalue weighted by molar-refractivity contribution is 9.14. The highest BCUT2D eigenvalue weighted by Crippen LogP contribution is 2.48. The number of hydrogen-bond acceptors (Lipinski definition) is 1. The Kier molecular flexibility index (Phi) is 2.68. The normalized spacial score (nSPS) is 29.9. The first-order valence-corrected chi connectivity index (χ1v) is 5.63. The number of rotatable bonds is 0. The van der Waals surface area contributed by atoms with Crippen LogP contribution >= 0.6 is 47.8 Å². The fraction of sp³-hybridized carbons (Fsp3) is 0.571. The lowest BCUT2D eigenvalue weighted by molar-refractivity contribution is -0.114. The number of ketones is 1. The van der Waals surface area contributed by atoms with Gasteiger partial charge in [0.05, 0.1) is 9.31 Å². The smallest absolute Gasteiger partial charge is 0.185 e. The van der Waals surface area contributed by atoms with E-state index in [1.807, 2.05) is 13.8 Å². The fourth-order valence-corrected chi connectivity index (χ4v) is 3.18. The van der Waals surface area contributed by atoms with Crippen LogP contribution in [-0.2, 0) is 4.79 Å². The summed E-state index contributed by atoms with van der Waals surface area (Å²) in [6, 6.07) is 0. The van der Waals surface area contributed by atoms with Crippen molar-refractivity contribution in [2.45, 2.75) is 18.7 Å². The number of halogens is 3. The summed E-state index contributed by atoms with van der Waals surface area (Å²) < 4.78 is 1.60. The zero-order valence-electron chi connectivity index (χ0n) is 6.12. The molecule has 4 heteroatoms. The van der Waals surface area contributed by atoms with Gasteiger partial charge in [-0.05, 0) is 15.9 Å². The third kappa shape index (κ3) is 1.38. The summed E-state index contributed by atoms with van der Waals surface area (Å²) in [4.78, 5) is 11.2. The highest BCUT2D eigenvalue weighted by atomic mass is 79.9. The van der Waals surface area contributed by atoms with Gasteiger partial charge >= 0.3 is 0 Å². The number of carbonyl (C=O) groups excluding carboxylic acids is 1. The molecule has 11 heavy (non-hydrogen) atoms. The second-order valence-electron chi connectivity index (χ2n) is 3.08. The van der Waals surface area contributed by atoms with Crippen LogP contribution in [0.25, 0.3) is 0 Å². The van der Waals surface area contributed by atoms with Crippen LogP contribution in [0.3, 0.4) is 0 Å². The molecule has 1 aliphatic rings. The molecule has 62 valence electrons. The Bertz CT molecular complexity index is 242. The van der Waals surface area contributed by atoms with E-state index in [4.69, 9.17) is 0 Å². The van der Waals surface area contributed by atoms with E-state index in [2.05, 4.69) is 47.8 Å². The van der Waals surface area contributed by atoms with E-state index >= 15 is 0 Å². The van der Waals surface area contributed by atoms with Gasteiger partial charge in [-0.15, -0.1) is 0 Å². The van der Waals surface area contributed by atoms with Gasteiger partial charge in [0, 0.05) is 9.90 Å². The average Bonchev–Trinajstić information content (AvgIpc) is 2.06. The number of allylic oxidation sites excluding steroid dienone is 2. The van der Waals surface area contributed by atoms with Crippen LogP contribution in [0.1, 0.15) is 13.8 Å². The summed E-state index contributed by atoms with van der Waals surface area (Å²) in [5, 5.41) is 0. The predicted molar refractivity (Wildman–Crippen MR) is 56.4 cm³/mol. The van der Waals surface area contributed by atoms with Gasteiger partial charge in [0.1, 0.15) is 0 Å². The molecule has 1 atom stereocenters. The van der Waals surface area contributed by atoms with Crippen LogP contribution in [0.2, 0.25) is 0 Å². The van der Waals surface area contributed by atoms with E-state index < -0.39 is 0 Å². The van der Waals surface area contributed by atoms with Crippen molar-refractivity contribution in [1.29, 1.82) is 0 Å². The standard InChI is InChI=1S/C7H7Br3O/c1-7(2)5(9)3(8)4(11)6(7)10/h6H,1-2H3/t6-/m0/s1. The van der Waals surface area contributed by atoms with E-state index in [0.717, 1.165) is 4.48 Å². The van der Waals surface area contributed by atoms with Crippen molar-refractivity contribution in [2.75, 3.05) is 0 Å². The quantitative estimate of drug-likeness (QED) is 0.615. The molecule has 0 N–H and O–H groups in total. The molecule has 0 amide bonds. The molecular formula is C7H7Br3O. The zero-order valence-corrected chi connectivity index (χ0v) is 10.9. The minimum absolute atomic E-state index is 0.112.